The molecule has 5 nitrogen and oxygen atoms in total. The van der Waals surface area contributed by atoms with Crippen LogP contribution in [0.3, 0.4) is 0 Å². The molecule has 1 saturated heterocycles. The first-order valence-corrected chi connectivity index (χ1v) is 10.2. The summed E-state index contributed by atoms with van der Waals surface area (Å²) in [6.45, 7) is 4.36. The fraction of sp³-hybridized carbons (Fsp3) is 0.409. The Balaban J connectivity index is 0.00000240. The van der Waals surface area contributed by atoms with E-state index in [1.165, 1.54) is 0 Å². The Labute approximate surface area is 182 Å². The average Bonchev–Trinajstić information content (AvgIpc) is 3.08. The van der Waals surface area contributed by atoms with Gasteiger partial charge in [0.25, 0.3) is 0 Å². The van der Waals surface area contributed by atoms with Crippen molar-refractivity contribution < 1.29 is 14.6 Å². The summed E-state index contributed by atoms with van der Waals surface area (Å²) in [4.78, 5) is 16.2. The third-order valence-corrected chi connectivity index (χ3v) is 5.79. The van der Waals surface area contributed by atoms with E-state index in [1.807, 2.05) is 42.5 Å². The molecule has 0 saturated carbocycles. The van der Waals surface area contributed by atoms with Crippen LogP contribution >= 0.6 is 24.0 Å². The molecule has 1 atom stereocenters. The standard InChI is InChI=1S/C22H25ClN2O3.ClH/c23-20-3-1-2-4-21(20)25-11-9-24(10-12-25)14-17(26)15-28-18-6-7-19-16(13-18)5-8-22(19)27;/h1-4,6-7,13,17,26H,5,8-12,14-15H2;1H. The highest BCUT2D eigenvalue weighted by Gasteiger charge is 2.22. The molecule has 2 aliphatic rings. The number of ether oxygens (including phenoxy) is 1. The zero-order chi connectivity index (χ0) is 19.5. The Hall–Kier alpha value is -1.79. The number of para-hydroxylation sites is 1. The molecule has 0 spiro atoms. The van der Waals surface area contributed by atoms with Gasteiger partial charge in [0.2, 0.25) is 0 Å². The summed E-state index contributed by atoms with van der Waals surface area (Å²) in [5.41, 5.74) is 2.93. The number of hydrogen-bond acceptors (Lipinski definition) is 5. The molecule has 156 valence electrons. The van der Waals surface area contributed by atoms with E-state index in [-0.39, 0.29) is 24.8 Å². The van der Waals surface area contributed by atoms with Crippen LogP contribution in [0.25, 0.3) is 0 Å². The van der Waals surface area contributed by atoms with Crippen molar-refractivity contribution in [3.63, 3.8) is 0 Å². The van der Waals surface area contributed by atoms with Gasteiger partial charge >= 0.3 is 0 Å². The fourth-order valence-electron chi connectivity index (χ4n) is 3.94. The van der Waals surface area contributed by atoms with Gasteiger partial charge in [-0.15, -0.1) is 12.4 Å². The second-order valence-electron chi connectivity index (χ2n) is 7.45. The van der Waals surface area contributed by atoms with Crippen molar-refractivity contribution in [1.29, 1.82) is 0 Å². The van der Waals surface area contributed by atoms with Crippen molar-refractivity contribution >= 4 is 35.5 Å². The number of halogens is 2. The fourth-order valence-corrected chi connectivity index (χ4v) is 4.20. The Morgan fingerprint density at radius 2 is 1.83 bits per heavy atom. The molecule has 29 heavy (non-hydrogen) atoms. The zero-order valence-electron chi connectivity index (χ0n) is 16.2. The van der Waals surface area contributed by atoms with E-state index in [4.69, 9.17) is 16.3 Å². The third kappa shape index (κ3) is 5.23. The van der Waals surface area contributed by atoms with Crippen LogP contribution in [0.5, 0.6) is 5.75 Å². The lowest BCUT2D eigenvalue weighted by Crippen LogP contribution is -2.49. The highest BCUT2D eigenvalue weighted by Crippen LogP contribution is 2.27. The number of nitrogens with zero attached hydrogens (tertiary/aromatic N) is 2. The van der Waals surface area contributed by atoms with E-state index in [1.54, 1.807) is 0 Å². The van der Waals surface area contributed by atoms with Gasteiger partial charge in [-0.3, -0.25) is 9.69 Å². The predicted molar refractivity (Wildman–Crippen MR) is 118 cm³/mol. The molecule has 1 heterocycles. The van der Waals surface area contributed by atoms with Crippen LogP contribution in [0.1, 0.15) is 22.3 Å². The molecule has 0 amide bonds. The van der Waals surface area contributed by atoms with Crippen LogP contribution in [-0.2, 0) is 6.42 Å². The molecule has 1 N–H and O–H groups in total. The molecule has 1 aliphatic carbocycles. The number of aryl methyl sites for hydroxylation is 1. The van der Waals surface area contributed by atoms with Crippen LogP contribution in [-0.4, -0.2) is 61.2 Å². The molecular formula is C22H26Cl2N2O3. The lowest BCUT2D eigenvalue weighted by Gasteiger charge is -2.37. The molecule has 2 aromatic rings. The van der Waals surface area contributed by atoms with Gasteiger partial charge in [-0.2, -0.15) is 0 Å². The van der Waals surface area contributed by atoms with Gasteiger partial charge in [0.05, 0.1) is 10.7 Å². The minimum atomic E-state index is -0.554. The van der Waals surface area contributed by atoms with Gasteiger partial charge in [-0.05, 0) is 42.3 Å². The number of Topliss-reactive ketones (excluding diaryl/α,β-unsaturated/α-hetero) is 1. The summed E-state index contributed by atoms with van der Waals surface area (Å²) in [6, 6.07) is 13.5. The number of ketones is 1. The van der Waals surface area contributed by atoms with Gasteiger partial charge in [0.1, 0.15) is 18.5 Å². The number of anilines is 1. The summed E-state index contributed by atoms with van der Waals surface area (Å²) in [5.74, 6) is 0.925. The van der Waals surface area contributed by atoms with E-state index < -0.39 is 6.10 Å². The Morgan fingerprint density at radius 1 is 1.07 bits per heavy atom. The molecule has 1 fully saturated rings. The number of rotatable bonds is 6. The van der Waals surface area contributed by atoms with Crippen LogP contribution in [0.4, 0.5) is 5.69 Å². The predicted octanol–water partition coefficient (Wildman–Crippen LogP) is 3.45. The number of aliphatic hydroxyl groups is 1. The van der Waals surface area contributed by atoms with E-state index in [0.717, 1.165) is 60.2 Å². The van der Waals surface area contributed by atoms with Crippen molar-refractivity contribution in [2.24, 2.45) is 0 Å². The smallest absolute Gasteiger partial charge is 0.163 e. The summed E-state index contributed by atoms with van der Waals surface area (Å²) >= 11 is 6.29. The Kier molecular flexibility index (Phi) is 7.41. The van der Waals surface area contributed by atoms with Gasteiger partial charge in [-0.25, -0.2) is 0 Å². The summed E-state index contributed by atoms with van der Waals surface area (Å²) in [5, 5.41) is 11.1. The Morgan fingerprint density at radius 3 is 2.59 bits per heavy atom. The highest BCUT2D eigenvalue weighted by molar-refractivity contribution is 6.33. The molecule has 0 radical (unpaired) electrons. The molecule has 2 aromatic carbocycles. The number of carbonyl (C=O) groups is 1. The van der Waals surface area contributed by atoms with Crippen molar-refractivity contribution in [1.82, 2.24) is 4.90 Å². The summed E-state index contributed by atoms with van der Waals surface area (Å²) < 4.78 is 5.76. The molecule has 7 heteroatoms. The maximum Gasteiger partial charge on any atom is 0.163 e. The third-order valence-electron chi connectivity index (χ3n) is 5.48. The number of carbonyl (C=O) groups excluding carboxylic acids is 1. The van der Waals surface area contributed by atoms with Crippen LogP contribution in [0.2, 0.25) is 5.02 Å². The van der Waals surface area contributed by atoms with Gasteiger partial charge in [0.15, 0.2) is 5.78 Å². The van der Waals surface area contributed by atoms with Crippen LogP contribution < -0.4 is 9.64 Å². The number of benzene rings is 2. The summed E-state index contributed by atoms with van der Waals surface area (Å²) in [7, 11) is 0. The number of piperazine rings is 1. The first-order valence-electron chi connectivity index (χ1n) is 9.79. The van der Waals surface area contributed by atoms with Crippen molar-refractivity contribution in [2.45, 2.75) is 18.9 Å². The molecule has 0 aromatic heterocycles. The normalized spacial score (nSPS) is 17.6. The molecule has 4 rings (SSSR count). The lowest BCUT2D eigenvalue weighted by molar-refractivity contribution is 0.0663. The number of hydrogen-bond donors (Lipinski definition) is 1. The Bertz CT molecular complexity index is 854. The van der Waals surface area contributed by atoms with Gasteiger partial charge < -0.3 is 14.7 Å². The van der Waals surface area contributed by atoms with E-state index >= 15 is 0 Å². The van der Waals surface area contributed by atoms with E-state index in [2.05, 4.69) is 9.80 Å². The van der Waals surface area contributed by atoms with Crippen LogP contribution in [0, 0.1) is 0 Å². The van der Waals surface area contributed by atoms with Crippen LogP contribution in [0.15, 0.2) is 42.5 Å². The topological polar surface area (TPSA) is 53.0 Å². The highest BCUT2D eigenvalue weighted by atomic mass is 35.5. The molecule has 1 aliphatic heterocycles. The first kappa shape index (κ1) is 21.9. The quantitative estimate of drug-likeness (QED) is 0.751. The van der Waals surface area contributed by atoms with Crippen molar-refractivity contribution in [3.8, 4) is 5.75 Å². The SMILES string of the molecule is Cl.O=C1CCc2cc(OCC(O)CN3CCN(c4ccccc4Cl)CC3)ccc21. The van der Waals surface area contributed by atoms with Crippen molar-refractivity contribution in [2.75, 3.05) is 44.2 Å². The van der Waals surface area contributed by atoms with Crippen molar-refractivity contribution in [3.05, 3.63) is 58.6 Å². The monoisotopic (exact) mass is 436 g/mol. The maximum absolute atomic E-state index is 11.7. The molecule has 0 bridgehead atoms. The van der Waals surface area contributed by atoms with Gasteiger partial charge in [0, 0.05) is 44.7 Å². The second-order valence-corrected chi connectivity index (χ2v) is 7.85. The first-order chi connectivity index (χ1) is 13.6. The zero-order valence-corrected chi connectivity index (χ0v) is 17.8. The second kappa shape index (κ2) is 9.81. The minimum absolute atomic E-state index is 0. The lowest BCUT2D eigenvalue weighted by atomic mass is 10.1. The number of fused-ring (bicyclic) bond motifs is 1. The van der Waals surface area contributed by atoms with Gasteiger partial charge in [-0.1, -0.05) is 23.7 Å². The number of aliphatic hydroxyl groups excluding tert-OH is 1. The maximum atomic E-state index is 11.7. The average molecular weight is 437 g/mol. The number of β-amino-alcohol motifs (C(OH)–C–C–N with tert-alkyl or cyclic N) is 1. The minimum Gasteiger partial charge on any atom is -0.491 e. The molecular weight excluding hydrogens is 411 g/mol. The van der Waals surface area contributed by atoms with E-state index in [9.17, 15) is 9.90 Å². The molecule has 1 unspecified atom stereocenters. The largest absolute Gasteiger partial charge is 0.491 e. The summed E-state index contributed by atoms with van der Waals surface area (Å²) in [6.07, 6.45) is 0.812. The van der Waals surface area contributed by atoms with E-state index in [0.29, 0.717) is 13.0 Å².